The molecule has 0 amide bonds. The molecule has 0 aliphatic rings. The molecule has 0 aromatic heterocycles. The predicted octanol–water partition coefficient (Wildman–Crippen LogP) is 3.58. The summed E-state index contributed by atoms with van der Waals surface area (Å²) in [5.74, 6) is -0.236. The van der Waals surface area contributed by atoms with Crippen LogP contribution < -0.4 is 10.1 Å². The molecule has 0 spiro atoms. The normalized spacial score (nSPS) is 12.0. The number of hydrogen-bond donors (Lipinski definition) is 2. The highest BCUT2D eigenvalue weighted by Gasteiger charge is 2.07. The van der Waals surface area contributed by atoms with E-state index in [1.165, 1.54) is 36.4 Å². The van der Waals surface area contributed by atoms with Crippen LogP contribution in [0.5, 0.6) is 5.75 Å². The van der Waals surface area contributed by atoms with E-state index in [0.717, 1.165) is 0 Å². The number of nitrogens with one attached hydrogen (secondary N) is 1. The van der Waals surface area contributed by atoms with Crippen LogP contribution in [0, 0.1) is 11.6 Å². The van der Waals surface area contributed by atoms with Crippen molar-refractivity contribution in [3.8, 4) is 5.75 Å². The third-order valence-corrected chi connectivity index (χ3v) is 3.40. The molecule has 0 aliphatic carbocycles. The second-order valence-electron chi connectivity index (χ2n) is 4.42. The minimum absolute atomic E-state index is 0.0472. The maximum atomic E-state index is 13.1. The molecule has 0 bridgehead atoms. The largest absolute Gasteiger partial charge is 0.491 e. The molecule has 1 unspecified atom stereocenters. The van der Waals surface area contributed by atoms with E-state index in [2.05, 4.69) is 21.2 Å². The number of ether oxygens (including phenoxy) is 1. The lowest BCUT2D eigenvalue weighted by molar-refractivity contribution is 0.117. The van der Waals surface area contributed by atoms with Gasteiger partial charge in [-0.05, 0) is 58.4 Å². The number of aliphatic hydroxyl groups excluding tert-OH is 1. The lowest BCUT2D eigenvalue weighted by Gasteiger charge is -2.15. The average molecular weight is 358 g/mol. The Morgan fingerprint density at radius 1 is 1.10 bits per heavy atom. The summed E-state index contributed by atoms with van der Waals surface area (Å²) in [5, 5.41) is 12.7. The number of hydrogen-bond acceptors (Lipinski definition) is 3. The van der Waals surface area contributed by atoms with E-state index in [-0.39, 0.29) is 24.8 Å². The van der Waals surface area contributed by atoms with Crippen molar-refractivity contribution in [2.45, 2.75) is 6.10 Å². The zero-order valence-corrected chi connectivity index (χ0v) is 12.6. The Balaban J connectivity index is 1.80. The van der Waals surface area contributed by atoms with E-state index < -0.39 is 6.10 Å². The summed E-state index contributed by atoms with van der Waals surface area (Å²) in [6.07, 6.45) is -0.787. The molecule has 0 radical (unpaired) electrons. The van der Waals surface area contributed by atoms with Gasteiger partial charge in [0.05, 0.1) is 5.69 Å². The lowest BCUT2D eigenvalue weighted by Crippen LogP contribution is -2.26. The monoisotopic (exact) mass is 357 g/mol. The fourth-order valence-electron chi connectivity index (χ4n) is 1.64. The Kier molecular flexibility index (Phi) is 5.52. The van der Waals surface area contributed by atoms with Gasteiger partial charge in [-0.15, -0.1) is 0 Å². The summed E-state index contributed by atoms with van der Waals surface area (Å²) < 4.78 is 31.8. The Morgan fingerprint density at radius 2 is 1.76 bits per heavy atom. The Bertz CT molecular complexity index is 593. The fraction of sp³-hybridized carbons (Fsp3) is 0.200. The van der Waals surface area contributed by atoms with Gasteiger partial charge in [0.25, 0.3) is 0 Å². The molecule has 6 heteroatoms. The van der Waals surface area contributed by atoms with Crippen molar-refractivity contribution in [1.82, 2.24) is 0 Å². The van der Waals surface area contributed by atoms with Crippen molar-refractivity contribution in [2.75, 3.05) is 18.5 Å². The molecular weight excluding hydrogens is 344 g/mol. The maximum Gasteiger partial charge on any atom is 0.125 e. The Morgan fingerprint density at radius 3 is 2.48 bits per heavy atom. The summed E-state index contributed by atoms with van der Waals surface area (Å²) in [6, 6.07) is 9.78. The van der Waals surface area contributed by atoms with Crippen molar-refractivity contribution in [2.24, 2.45) is 0 Å². The van der Waals surface area contributed by atoms with Crippen LogP contribution in [0.15, 0.2) is 46.9 Å². The van der Waals surface area contributed by atoms with Crippen LogP contribution in [-0.4, -0.2) is 24.4 Å². The zero-order chi connectivity index (χ0) is 15.2. The number of halogens is 3. The predicted molar refractivity (Wildman–Crippen MR) is 80.5 cm³/mol. The topological polar surface area (TPSA) is 41.5 Å². The first kappa shape index (κ1) is 15.7. The Labute approximate surface area is 129 Å². The van der Waals surface area contributed by atoms with Gasteiger partial charge < -0.3 is 15.2 Å². The molecule has 0 aliphatic heterocycles. The quantitative estimate of drug-likeness (QED) is 0.830. The average Bonchev–Trinajstić information content (AvgIpc) is 2.47. The molecule has 112 valence electrons. The van der Waals surface area contributed by atoms with Gasteiger partial charge in [-0.3, -0.25) is 0 Å². The third-order valence-electron chi connectivity index (χ3n) is 2.71. The SMILES string of the molecule is OC(CNc1cc(F)ccc1Br)COc1ccc(F)cc1. The minimum atomic E-state index is -0.787. The molecule has 0 saturated heterocycles. The molecule has 0 fully saturated rings. The van der Waals surface area contributed by atoms with Crippen LogP contribution in [0.4, 0.5) is 14.5 Å². The molecular formula is C15H14BrF2NO2. The number of benzene rings is 2. The first-order valence-electron chi connectivity index (χ1n) is 6.30. The van der Waals surface area contributed by atoms with Crippen LogP contribution in [0.2, 0.25) is 0 Å². The van der Waals surface area contributed by atoms with Crippen LogP contribution in [0.3, 0.4) is 0 Å². The number of rotatable bonds is 6. The summed E-state index contributed by atoms with van der Waals surface area (Å²) in [5.41, 5.74) is 0.552. The van der Waals surface area contributed by atoms with Crippen molar-refractivity contribution in [3.63, 3.8) is 0 Å². The standard InChI is InChI=1S/C15H14BrF2NO2/c16-14-6-3-11(18)7-15(14)19-8-12(20)9-21-13-4-1-10(17)2-5-13/h1-7,12,19-20H,8-9H2. The first-order chi connectivity index (χ1) is 10.0. The Hall–Kier alpha value is -1.66. The molecule has 2 aromatic carbocycles. The third kappa shape index (κ3) is 4.99. The van der Waals surface area contributed by atoms with Gasteiger partial charge in [-0.1, -0.05) is 0 Å². The van der Waals surface area contributed by atoms with Gasteiger partial charge in [0, 0.05) is 11.0 Å². The van der Waals surface area contributed by atoms with E-state index in [1.807, 2.05) is 0 Å². The van der Waals surface area contributed by atoms with Gasteiger partial charge >= 0.3 is 0 Å². The van der Waals surface area contributed by atoms with Crippen LogP contribution >= 0.6 is 15.9 Å². The molecule has 2 N–H and O–H groups in total. The van der Waals surface area contributed by atoms with E-state index in [9.17, 15) is 13.9 Å². The van der Waals surface area contributed by atoms with Crippen molar-refractivity contribution in [1.29, 1.82) is 0 Å². The number of anilines is 1. The van der Waals surface area contributed by atoms with E-state index >= 15 is 0 Å². The molecule has 0 heterocycles. The molecule has 2 aromatic rings. The van der Waals surface area contributed by atoms with Gasteiger partial charge in [-0.2, -0.15) is 0 Å². The number of aliphatic hydroxyl groups is 1. The zero-order valence-electron chi connectivity index (χ0n) is 11.0. The van der Waals surface area contributed by atoms with Crippen molar-refractivity contribution >= 4 is 21.6 Å². The van der Waals surface area contributed by atoms with Gasteiger partial charge in [0.15, 0.2) is 0 Å². The maximum absolute atomic E-state index is 13.1. The van der Waals surface area contributed by atoms with Gasteiger partial charge in [-0.25, -0.2) is 8.78 Å². The van der Waals surface area contributed by atoms with Gasteiger partial charge in [0.1, 0.15) is 30.1 Å². The highest BCUT2D eigenvalue weighted by Crippen LogP contribution is 2.22. The highest BCUT2D eigenvalue weighted by molar-refractivity contribution is 9.10. The highest BCUT2D eigenvalue weighted by atomic mass is 79.9. The fourth-order valence-corrected chi connectivity index (χ4v) is 2.03. The first-order valence-corrected chi connectivity index (χ1v) is 7.09. The minimum Gasteiger partial charge on any atom is -0.491 e. The second kappa shape index (κ2) is 7.38. The van der Waals surface area contributed by atoms with Gasteiger partial charge in [0.2, 0.25) is 0 Å². The molecule has 0 saturated carbocycles. The molecule has 21 heavy (non-hydrogen) atoms. The molecule has 3 nitrogen and oxygen atoms in total. The van der Waals surface area contributed by atoms with E-state index in [0.29, 0.717) is 15.9 Å². The van der Waals surface area contributed by atoms with Crippen LogP contribution in [0.1, 0.15) is 0 Å². The molecule has 2 rings (SSSR count). The van der Waals surface area contributed by atoms with Crippen molar-refractivity contribution in [3.05, 3.63) is 58.6 Å². The van der Waals surface area contributed by atoms with Crippen molar-refractivity contribution < 1.29 is 18.6 Å². The molecule has 1 atom stereocenters. The summed E-state index contributed by atoms with van der Waals surface area (Å²) >= 11 is 3.29. The van der Waals surface area contributed by atoms with Crippen LogP contribution in [0.25, 0.3) is 0 Å². The second-order valence-corrected chi connectivity index (χ2v) is 5.28. The van der Waals surface area contributed by atoms with E-state index in [1.54, 1.807) is 6.07 Å². The van der Waals surface area contributed by atoms with Crippen LogP contribution in [-0.2, 0) is 0 Å². The van der Waals surface area contributed by atoms with E-state index in [4.69, 9.17) is 4.74 Å². The summed E-state index contributed by atoms with van der Waals surface area (Å²) in [4.78, 5) is 0. The lowest BCUT2D eigenvalue weighted by atomic mass is 10.3. The summed E-state index contributed by atoms with van der Waals surface area (Å²) in [7, 11) is 0. The summed E-state index contributed by atoms with van der Waals surface area (Å²) in [6.45, 7) is 0.245. The smallest absolute Gasteiger partial charge is 0.125 e.